The van der Waals surface area contributed by atoms with Gasteiger partial charge < -0.3 is 15.4 Å². The standard InChI is InChI=1S/C22H21Cl2N3O3/c23-18-5-4-17(22(24)13-18)15-30-21-3-1-2-16(12-21)14-25-10-11-26-19-6-8-20(9-7-19)27(28)29/h1-9,12-13,25-26H,10-11,14-15H2. The quantitative estimate of drug-likeness (QED) is 0.238. The fraction of sp³-hybridized carbons (Fsp3) is 0.182. The highest BCUT2D eigenvalue weighted by Gasteiger charge is 2.04. The maximum absolute atomic E-state index is 10.7. The molecule has 0 unspecified atom stereocenters. The van der Waals surface area contributed by atoms with Crippen molar-refractivity contribution in [1.82, 2.24) is 5.32 Å². The molecule has 3 rings (SSSR count). The van der Waals surface area contributed by atoms with E-state index >= 15 is 0 Å². The molecule has 0 aliphatic carbocycles. The minimum absolute atomic E-state index is 0.0825. The zero-order valence-corrected chi connectivity index (χ0v) is 17.6. The van der Waals surface area contributed by atoms with Crippen LogP contribution in [0, 0.1) is 10.1 Å². The van der Waals surface area contributed by atoms with Gasteiger partial charge in [-0.2, -0.15) is 0 Å². The van der Waals surface area contributed by atoms with Gasteiger partial charge in [-0.15, -0.1) is 0 Å². The third-order valence-electron chi connectivity index (χ3n) is 4.35. The predicted molar refractivity (Wildman–Crippen MR) is 121 cm³/mol. The molecule has 0 bridgehead atoms. The second kappa shape index (κ2) is 10.8. The summed E-state index contributed by atoms with van der Waals surface area (Å²) in [5.41, 5.74) is 2.91. The van der Waals surface area contributed by atoms with Gasteiger partial charge in [-0.3, -0.25) is 10.1 Å². The minimum Gasteiger partial charge on any atom is -0.489 e. The third kappa shape index (κ3) is 6.62. The van der Waals surface area contributed by atoms with Crippen LogP contribution in [0.15, 0.2) is 66.7 Å². The number of ether oxygens (including phenoxy) is 1. The molecule has 0 heterocycles. The van der Waals surface area contributed by atoms with E-state index in [-0.39, 0.29) is 5.69 Å². The Balaban J connectivity index is 1.41. The smallest absolute Gasteiger partial charge is 0.269 e. The van der Waals surface area contributed by atoms with E-state index in [1.54, 1.807) is 24.3 Å². The first-order valence-corrected chi connectivity index (χ1v) is 10.1. The van der Waals surface area contributed by atoms with Gasteiger partial charge in [0.05, 0.1) is 4.92 Å². The number of hydrogen-bond acceptors (Lipinski definition) is 5. The van der Waals surface area contributed by atoms with E-state index < -0.39 is 4.92 Å². The van der Waals surface area contributed by atoms with Crippen LogP contribution in [0.5, 0.6) is 5.75 Å². The topological polar surface area (TPSA) is 76.4 Å². The lowest BCUT2D eigenvalue weighted by molar-refractivity contribution is -0.384. The molecule has 0 amide bonds. The first kappa shape index (κ1) is 21.9. The van der Waals surface area contributed by atoms with Crippen molar-refractivity contribution in [2.45, 2.75) is 13.2 Å². The molecular formula is C22H21Cl2N3O3. The van der Waals surface area contributed by atoms with Crippen molar-refractivity contribution < 1.29 is 9.66 Å². The molecule has 0 aromatic heterocycles. The molecule has 2 N–H and O–H groups in total. The largest absolute Gasteiger partial charge is 0.489 e. The number of anilines is 1. The molecule has 0 atom stereocenters. The Kier molecular flexibility index (Phi) is 7.90. The summed E-state index contributed by atoms with van der Waals surface area (Å²) in [6.07, 6.45) is 0. The number of benzene rings is 3. The molecule has 0 radical (unpaired) electrons. The Morgan fingerprint density at radius 2 is 1.77 bits per heavy atom. The lowest BCUT2D eigenvalue weighted by Crippen LogP contribution is -2.21. The lowest BCUT2D eigenvalue weighted by Gasteiger charge is -2.11. The molecule has 0 fully saturated rings. The van der Waals surface area contributed by atoms with Crippen LogP contribution in [0.1, 0.15) is 11.1 Å². The van der Waals surface area contributed by atoms with E-state index in [9.17, 15) is 10.1 Å². The van der Waals surface area contributed by atoms with Crippen LogP contribution in [0.2, 0.25) is 10.0 Å². The zero-order chi connectivity index (χ0) is 21.3. The van der Waals surface area contributed by atoms with Gasteiger partial charge in [0.15, 0.2) is 0 Å². The number of hydrogen-bond donors (Lipinski definition) is 2. The number of nitrogens with one attached hydrogen (secondary N) is 2. The molecule has 156 valence electrons. The molecule has 8 heteroatoms. The van der Waals surface area contributed by atoms with E-state index in [0.29, 0.717) is 29.7 Å². The highest BCUT2D eigenvalue weighted by Crippen LogP contribution is 2.23. The Morgan fingerprint density at radius 3 is 2.50 bits per heavy atom. The summed E-state index contributed by atoms with van der Waals surface area (Å²) in [6.45, 7) is 2.50. The third-order valence-corrected chi connectivity index (χ3v) is 4.93. The second-order valence-corrected chi connectivity index (χ2v) is 7.42. The molecule has 0 aliphatic heterocycles. The van der Waals surface area contributed by atoms with Crippen molar-refractivity contribution in [3.63, 3.8) is 0 Å². The summed E-state index contributed by atoms with van der Waals surface area (Å²) in [5, 5.41) is 18.4. The van der Waals surface area contributed by atoms with E-state index in [1.165, 1.54) is 12.1 Å². The van der Waals surface area contributed by atoms with Crippen LogP contribution in [0.4, 0.5) is 11.4 Å². The monoisotopic (exact) mass is 445 g/mol. The summed E-state index contributed by atoms with van der Waals surface area (Å²) >= 11 is 12.1. The first-order chi connectivity index (χ1) is 14.5. The van der Waals surface area contributed by atoms with Crippen molar-refractivity contribution in [2.24, 2.45) is 0 Å². The molecular weight excluding hydrogens is 425 g/mol. The van der Waals surface area contributed by atoms with Gasteiger partial charge in [0.1, 0.15) is 12.4 Å². The van der Waals surface area contributed by atoms with E-state index in [0.717, 1.165) is 29.1 Å². The minimum atomic E-state index is -0.409. The molecule has 30 heavy (non-hydrogen) atoms. The summed E-state index contributed by atoms with van der Waals surface area (Å²) in [6, 6.07) is 19.6. The predicted octanol–water partition coefficient (Wildman–Crippen LogP) is 5.68. The van der Waals surface area contributed by atoms with E-state index in [2.05, 4.69) is 10.6 Å². The highest BCUT2D eigenvalue weighted by atomic mass is 35.5. The average molecular weight is 446 g/mol. The van der Waals surface area contributed by atoms with Crippen molar-refractivity contribution in [3.05, 3.63) is 98.0 Å². The molecule has 0 spiro atoms. The summed E-state index contributed by atoms with van der Waals surface area (Å²) in [5.74, 6) is 0.768. The van der Waals surface area contributed by atoms with Gasteiger partial charge in [-0.25, -0.2) is 0 Å². The lowest BCUT2D eigenvalue weighted by atomic mass is 10.2. The Morgan fingerprint density at radius 1 is 0.967 bits per heavy atom. The number of nitro benzene ring substituents is 1. The number of halogens is 2. The number of non-ortho nitro benzene ring substituents is 1. The molecule has 0 aliphatic rings. The molecule has 0 saturated heterocycles. The molecule has 0 saturated carbocycles. The van der Waals surface area contributed by atoms with Crippen molar-refractivity contribution >= 4 is 34.6 Å². The highest BCUT2D eigenvalue weighted by molar-refractivity contribution is 6.35. The van der Waals surface area contributed by atoms with Crippen LogP contribution < -0.4 is 15.4 Å². The number of nitrogens with zero attached hydrogens (tertiary/aromatic N) is 1. The normalized spacial score (nSPS) is 10.6. The van der Waals surface area contributed by atoms with Gasteiger partial charge in [-0.1, -0.05) is 41.4 Å². The van der Waals surface area contributed by atoms with Crippen LogP contribution in [0.25, 0.3) is 0 Å². The fourth-order valence-corrected chi connectivity index (χ4v) is 3.24. The van der Waals surface area contributed by atoms with Gasteiger partial charge in [0.25, 0.3) is 5.69 Å². The second-order valence-electron chi connectivity index (χ2n) is 6.58. The van der Waals surface area contributed by atoms with Gasteiger partial charge in [0, 0.05) is 53.1 Å². The van der Waals surface area contributed by atoms with Crippen molar-refractivity contribution in [3.8, 4) is 5.75 Å². The van der Waals surface area contributed by atoms with Crippen molar-refractivity contribution in [2.75, 3.05) is 18.4 Å². The number of rotatable bonds is 10. The van der Waals surface area contributed by atoms with Crippen LogP contribution in [0.3, 0.4) is 0 Å². The summed E-state index contributed by atoms with van der Waals surface area (Å²) < 4.78 is 5.85. The zero-order valence-electron chi connectivity index (χ0n) is 16.1. The Hall–Kier alpha value is -2.80. The van der Waals surface area contributed by atoms with Gasteiger partial charge in [0.2, 0.25) is 0 Å². The maximum atomic E-state index is 10.7. The molecule has 3 aromatic rings. The fourth-order valence-electron chi connectivity index (χ4n) is 2.77. The SMILES string of the molecule is O=[N+]([O-])c1ccc(NCCNCc2cccc(OCc3ccc(Cl)cc3Cl)c2)cc1. The number of nitro groups is 1. The van der Waals surface area contributed by atoms with Crippen LogP contribution >= 0.6 is 23.2 Å². The summed E-state index contributed by atoms with van der Waals surface area (Å²) in [4.78, 5) is 10.3. The van der Waals surface area contributed by atoms with Crippen LogP contribution in [-0.4, -0.2) is 18.0 Å². The van der Waals surface area contributed by atoms with Crippen LogP contribution in [-0.2, 0) is 13.2 Å². The first-order valence-electron chi connectivity index (χ1n) is 9.36. The maximum Gasteiger partial charge on any atom is 0.269 e. The van der Waals surface area contributed by atoms with E-state index in [1.807, 2.05) is 30.3 Å². The average Bonchev–Trinajstić information content (AvgIpc) is 2.73. The van der Waals surface area contributed by atoms with E-state index in [4.69, 9.17) is 27.9 Å². The Bertz CT molecular complexity index is 997. The van der Waals surface area contributed by atoms with Crippen molar-refractivity contribution in [1.29, 1.82) is 0 Å². The molecule has 6 nitrogen and oxygen atoms in total. The Labute approximate surface area is 184 Å². The van der Waals surface area contributed by atoms with Gasteiger partial charge >= 0.3 is 0 Å². The molecule has 3 aromatic carbocycles. The van der Waals surface area contributed by atoms with Gasteiger partial charge in [-0.05, 0) is 42.0 Å². The summed E-state index contributed by atoms with van der Waals surface area (Å²) in [7, 11) is 0.